The first kappa shape index (κ1) is 14.4. The summed E-state index contributed by atoms with van der Waals surface area (Å²) in [6, 6.07) is 0. The lowest BCUT2D eigenvalue weighted by atomic mass is 10.2. The van der Waals surface area contributed by atoms with Gasteiger partial charge in [0.05, 0.1) is 6.10 Å². The molecule has 0 bridgehead atoms. The predicted molar refractivity (Wildman–Crippen MR) is 58.0 cm³/mol. The van der Waals surface area contributed by atoms with Crippen molar-refractivity contribution in [1.29, 1.82) is 0 Å². The zero-order valence-electron chi connectivity index (χ0n) is 10.2. The van der Waals surface area contributed by atoms with E-state index in [1.807, 2.05) is 0 Å². The minimum absolute atomic E-state index is 0.124. The van der Waals surface area contributed by atoms with E-state index in [1.165, 1.54) is 7.11 Å². The van der Waals surface area contributed by atoms with Gasteiger partial charge in [-0.2, -0.15) is 13.2 Å². The zero-order valence-corrected chi connectivity index (χ0v) is 11.0. The Morgan fingerprint density at radius 3 is 2.39 bits per heavy atom. The molecule has 0 aromatic carbocycles. The number of rotatable bonds is 3. The lowest BCUT2D eigenvalue weighted by Crippen LogP contribution is -2.32. The molecule has 0 aliphatic carbocycles. The van der Waals surface area contributed by atoms with Crippen molar-refractivity contribution in [3.05, 3.63) is 0 Å². The maximum absolute atomic E-state index is 12.2. The Labute approximate surface area is 107 Å². The molecule has 4 atom stereocenters. The number of alkyl halides is 3. The van der Waals surface area contributed by atoms with E-state index in [-0.39, 0.29) is 17.5 Å². The van der Waals surface area contributed by atoms with Crippen molar-refractivity contribution in [2.24, 2.45) is 0 Å². The van der Waals surface area contributed by atoms with E-state index in [1.54, 1.807) is 13.8 Å². The average molecular weight is 288 g/mol. The second kappa shape index (κ2) is 4.82. The molecule has 106 valence electrons. The molecule has 8 heteroatoms. The van der Waals surface area contributed by atoms with Crippen molar-refractivity contribution in [3.63, 3.8) is 0 Å². The van der Waals surface area contributed by atoms with Gasteiger partial charge in [0.1, 0.15) is 12.2 Å². The van der Waals surface area contributed by atoms with Crippen LogP contribution in [0.15, 0.2) is 0 Å². The molecule has 0 radical (unpaired) electrons. The number of methoxy groups -OCH3 is 1. The molecule has 0 spiro atoms. The Bertz CT molecular complexity index is 310. The van der Waals surface area contributed by atoms with Crippen LogP contribution in [0, 0.1) is 0 Å². The normalized spacial score (nSPS) is 39.0. The predicted octanol–water partition coefficient (Wildman–Crippen LogP) is 2.13. The van der Waals surface area contributed by atoms with Gasteiger partial charge in [-0.3, -0.25) is 0 Å². The molecule has 2 aliphatic heterocycles. The minimum atomic E-state index is -4.28. The van der Waals surface area contributed by atoms with Crippen LogP contribution in [-0.4, -0.2) is 48.8 Å². The van der Waals surface area contributed by atoms with Crippen LogP contribution in [0.4, 0.5) is 13.2 Å². The zero-order chi connectivity index (χ0) is 13.6. The number of hydrogen-bond acceptors (Lipinski definition) is 5. The molecule has 2 saturated heterocycles. The second-order valence-electron chi connectivity index (χ2n) is 4.60. The number of thioether (sulfide) groups is 1. The van der Waals surface area contributed by atoms with Crippen LogP contribution in [0.25, 0.3) is 0 Å². The fourth-order valence-corrected chi connectivity index (χ4v) is 2.76. The maximum Gasteiger partial charge on any atom is 0.441 e. The van der Waals surface area contributed by atoms with Gasteiger partial charge in [-0.25, -0.2) is 0 Å². The van der Waals surface area contributed by atoms with E-state index >= 15 is 0 Å². The van der Waals surface area contributed by atoms with Crippen LogP contribution in [0.3, 0.4) is 0 Å². The first-order valence-corrected chi connectivity index (χ1v) is 6.45. The first-order chi connectivity index (χ1) is 8.22. The van der Waals surface area contributed by atoms with E-state index in [9.17, 15) is 13.2 Å². The second-order valence-corrected chi connectivity index (χ2v) is 5.69. The molecule has 2 rings (SSSR count). The Morgan fingerprint density at radius 1 is 1.22 bits per heavy atom. The van der Waals surface area contributed by atoms with Gasteiger partial charge < -0.3 is 18.9 Å². The lowest BCUT2D eigenvalue weighted by Gasteiger charge is -2.23. The molecule has 0 unspecified atom stereocenters. The highest BCUT2D eigenvalue weighted by molar-refractivity contribution is 8.00. The summed E-state index contributed by atoms with van der Waals surface area (Å²) in [5.74, 6) is -1.05. The van der Waals surface area contributed by atoms with Crippen molar-refractivity contribution < 1.29 is 32.1 Å². The SMILES string of the molecule is CO[C@@H]1O[C@H](CSC(F)(F)F)[C@H]2OC(C)(C)O[C@@H]12. The van der Waals surface area contributed by atoms with Gasteiger partial charge in [0.2, 0.25) is 0 Å². The lowest BCUT2D eigenvalue weighted by molar-refractivity contribution is -0.224. The van der Waals surface area contributed by atoms with Gasteiger partial charge >= 0.3 is 5.51 Å². The molecule has 0 amide bonds. The molecule has 0 saturated carbocycles. The van der Waals surface area contributed by atoms with Gasteiger partial charge in [-0.15, -0.1) is 0 Å². The third-order valence-electron chi connectivity index (χ3n) is 2.75. The first-order valence-electron chi connectivity index (χ1n) is 5.46. The Balaban J connectivity index is 2.00. The highest BCUT2D eigenvalue weighted by Crippen LogP contribution is 2.41. The molecule has 0 aromatic rings. The van der Waals surface area contributed by atoms with Crippen LogP contribution in [0.5, 0.6) is 0 Å². The third kappa shape index (κ3) is 3.11. The summed E-state index contributed by atoms with van der Waals surface area (Å²) in [6.07, 6.45) is -2.38. The van der Waals surface area contributed by atoms with Gasteiger partial charge in [0, 0.05) is 12.9 Å². The molecule has 0 aromatic heterocycles. The highest BCUT2D eigenvalue weighted by atomic mass is 32.2. The van der Waals surface area contributed by atoms with Gasteiger partial charge in [-0.1, -0.05) is 0 Å². The number of fused-ring (bicyclic) bond motifs is 1. The van der Waals surface area contributed by atoms with E-state index in [0.29, 0.717) is 0 Å². The Kier molecular flexibility index (Phi) is 3.86. The number of ether oxygens (including phenoxy) is 4. The summed E-state index contributed by atoms with van der Waals surface area (Å²) in [5.41, 5.74) is -4.28. The van der Waals surface area contributed by atoms with Gasteiger partial charge in [0.25, 0.3) is 0 Å². The van der Waals surface area contributed by atoms with Gasteiger partial charge in [0.15, 0.2) is 12.1 Å². The van der Waals surface area contributed by atoms with E-state index in [4.69, 9.17) is 18.9 Å². The fraction of sp³-hybridized carbons (Fsp3) is 1.00. The van der Waals surface area contributed by atoms with Crippen molar-refractivity contribution in [2.75, 3.05) is 12.9 Å². The van der Waals surface area contributed by atoms with Crippen LogP contribution >= 0.6 is 11.8 Å². The van der Waals surface area contributed by atoms with Crippen molar-refractivity contribution in [2.45, 2.75) is 49.7 Å². The molecule has 4 nitrogen and oxygen atoms in total. The smallest absolute Gasteiger partial charge is 0.353 e. The Hall–Kier alpha value is -0.0200. The van der Waals surface area contributed by atoms with Crippen molar-refractivity contribution in [3.8, 4) is 0 Å². The van der Waals surface area contributed by atoms with Crippen LogP contribution < -0.4 is 0 Å². The van der Waals surface area contributed by atoms with Crippen LogP contribution in [0.2, 0.25) is 0 Å². The summed E-state index contributed by atoms with van der Waals surface area (Å²) in [7, 11) is 1.43. The Morgan fingerprint density at radius 2 is 1.83 bits per heavy atom. The molecule has 18 heavy (non-hydrogen) atoms. The summed E-state index contributed by atoms with van der Waals surface area (Å²) < 4.78 is 58.2. The molecular formula is C10H15F3O4S. The summed E-state index contributed by atoms with van der Waals surface area (Å²) in [6.45, 7) is 3.43. The molecule has 0 N–H and O–H groups in total. The molecule has 2 fully saturated rings. The molecular weight excluding hydrogens is 273 g/mol. The topological polar surface area (TPSA) is 36.9 Å². The van der Waals surface area contributed by atoms with Crippen LogP contribution in [0.1, 0.15) is 13.8 Å². The van der Waals surface area contributed by atoms with Crippen molar-refractivity contribution >= 4 is 11.8 Å². The van der Waals surface area contributed by atoms with Crippen LogP contribution in [-0.2, 0) is 18.9 Å². The number of hydrogen-bond donors (Lipinski definition) is 0. The summed E-state index contributed by atoms with van der Waals surface area (Å²) in [4.78, 5) is 0. The fourth-order valence-electron chi connectivity index (χ4n) is 2.14. The third-order valence-corrected chi connectivity index (χ3v) is 3.57. The molecule has 2 heterocycles. The molecule has 2 aliphatic rings. The monoisotopic (exact) mass is 288 g/mol. The van der Waals surface area contributed by atoms with Gasteiger partial charge in [-0.05, 0) is 25.6 Å². The number of halogens is 3. The average Bonchev–Trinajstić information content (AvgIpc) is 2.67. The van der Waals surface area contributed by atoms with E-state index in [2.05, 4.69) is 0 Å². The summed E-state index contributed by atoms with van der Waals surface area (Å²) in [5, 5.41) is 0. The quantitative estimate of drug-likeness (QED) is 0.795. The minimum Gasteiger partial charge on any atom is -0.353 e. The largest absolute Gasteiger partial charge is 0.441 e. The van der Waals surface area contributed by atoms with Crippen molar-refractivity contribution in [1.82, 2.24) is 0 Å². The van der Waals surface area contributed by atoms with E-state index < -0.39 is 35.9 Å². The highest BCUT2D eigenvalue weighted by Gasteiger charge is 2.55. The van der Waals surface area contributed by atoms with E-state index in [0.717, 1.165) is 0 Å². The maximum atomic E-state index is 12.2. The summed E-state index contributed by atoms with van der Waals surface area (Å²) >= 11 is -0.124. The standard InChI is InChI=1S/C10H15F3O4S/c1-9(2)16-6-5(4-18-10(11,12)13)15-8(14-3)7(6)17-9/h5-8H,4H2,1-3H3/t5-,6-,7-,8-/m1/s1.